The zero-order valence-electron chi connectivity index (χ0n) is 17.3. The number of amides is 1. The molecule has 1 saturated heterocycles. The predicted octanol–water partition coefficient (Wildman–Crippen LogP) is 2.52. The number of ether oxygens (including phenoxy) is 1. The molecule has 1 amide bonds. The number of piperidine rings is 1. The summed E-state index contributed by atoms with van der Waals surface area (Å²) in [5, 5.41) is 9.14. The highest BCUT2D eigenvalue weighted by Crippen LogP contribution is 2.35. The van der Waals surface area contributed by atoms with Gasteiger partial charge >= 0.3 is 5.97 Å². The normalized spacial score (nSPS) is 21.2. The van der Waals surface area contributed by atoms with Gasteiger partial charge in [-0.05, 0) is 63.0 Å². The Morgan fingerprint density at radius 3 is 2.69 bits per heavy atom. The Labute approximate surface area is 171 Å². The summed E-state index contributed by atoms with van der Waals surface area (Å²) in [7, 11) is 0. The fraction of sp³-hybridized carbons (Fsp3) is 0.636. The van der Waals surface area contributed by atoms with Gasteiger partial charge in [0, 0.05) is 24.7 Å². The molecule has 2 heterocycles. The number of nitriles is 1. The number of nitrogens with zero attached hydrogens (tertiary/aromatic N) is 2. The molecule has 2 fully saturated rings. The molecule has 7 nitrogen and oxygen atoms in total. The molecule has 3 rings (SSSR count). The summed E-state index contributed by atoms with van der Waals surface area (Å²) in [5.74, 6) is 0.0508. The van der Waals surface area contributed by atoms with Gasteiger partial charge in [0.15, 0.2) is 6.61 Å². The Kier molecular flexibility index (Phi) is 6.73. The second-order valence-corrected chi connectivity index (χ2v) is 8.17. The maximum atomic E-state index is 12.6. The number of esters is 1. The third-order valence-electron chi connectivity index (χ3n) is 6.42. The average Bonchev–Trinajstić information content (AvgIpc) is 2.71. The average molecular weight is 399 g/mol. The van der Waals surface area contributed by atoms with Crippen LogP contribution in [0, 0.1) is 31.1 Å². The van der Waals surface area contributed by atoms with Crippen molar-refractivity contribution >= 4 is 11.9 Å². The summed E-state index contributed by atoms with van der Waals surface area (Å²) >= 11 is 0. The van der Waals surface area contributed by atoms with Gasteiger partial charge in [0.1, 0.15) is 11.6 Å². The van der Waals surface area contributed by atoms with Crippen LogP contribution in [0.15, 0.2) is 4.79 Å². The smallest absolute Gasteiger partial charge is 0.306 e. The van der Waals surface area contributed by atoms with Gasteiger partial charge in [-0.3, -0.25) is 14.4 Å². The lowest BCUT2D eigenvalue weighted by molar-refractivity contribution is -0.154. The van der Waals surface area contributed by atoms with Crippen LogP contribution in [0.3, 0.4) is 0 Å². The fourth-order valence-electron chi connectivity index (χ4n) is 4.88. The summed E-state index contributed by atoms with van der Waals surface area (Å²) in [6, 6.07) is 2.21. The minimum atomic E-state index is -0.445. The fourth-order valence-corrected chi connectivity index (χ4v) is 4.88. The molecule has 156 valence electrons. The molecule has 0 spiro atoms. The lowest BCUT2D eigenvalue weighted by Gasteiger charge is -2.44. The number of fused-ring (bicyclic) bond motifs is 1. The van der Waals surface area contributed by atoms with E-state index in [1.54, 1.807) is 13.8 Å². The van der Waals surface area contributed by atoms with Crippen molar-refractivity contribution in [3.63, 3.8) is 0 Å². The number of aromatic amines is 1. The van der Waals surface area contributed by atoms with Crippen molar-refractivity contribution in [3.8, 4) is 6.07 Å². The lowest BCUT2D eigenvalue weighted by Crippen LogP contribution is -2.50. The third kappa shape index (κ3) is 4.69. The minimum absolute atomic E-state index is 0.0706. The van der Waals surface area contributed by atoms with Gasteiger partial charge < -0.3 is 14.6 Å². The quantitative estimate of drug-likeness (QED) is 0.766. The van der Waals surface area contributed by atoms with Crippen molar-refractivity contribution < 1.29 is 14.3 Å². The van der Waals surface area contributed by atoms with Crippen LogP contribution < -0.4 is 5.56 Å². The Hall–Kier alpha value is -2.62. The highest BCUT2D eigenvalue weighted by Gasteiger charge is 2.35. The third-order valence-corrected chi connectivity index (χ3v) is 6.42. The highest BCUT2D eigenvalue weighted by atomic mass is 16.5. The summed E-state index contributed by atoms with van der Waals surface area (Å²) in [6.07, 6.45) is 7.31. The van der Waals surface area contributed by atoms with Gasteiger partial charge in [0.25, 0.3) is 11.5 Å². The molecule has 2 aliphatic rings. The maximum absolute atomic E-state index is 12.6. The van der Waals surface area contributed by atoms with Crippen molar-refractivity contribution in [3.05, 3.63) is 32.7 Å². The van der Waals surface area contributed by atoms with Crippen molar-refractivity contribution in [2.75, 3.05) is 13.2 Å². The molecule has 1 aromatic heterocycles. The standard InChI is InChI=1S/C22H29N3O4/c1-14-17(15(2)24-22(28)18(14)12-23)9-10-21(27)29-13-20(26)25-11-5-7-16-6-3-4-8-19(16)25/h16,19H,3-11,13H2,1-2H3,(H,24,28)/t16-,19+/m0/s1. The molecule has 1 aliphatic heterocycles. The number of rotatable bonds is 5. The van der Waals surface area contributed by atoms with E-state index in [0.29, 0.717) is 29.6 Å². The van der Waals surface area contributed by atoms with Gasteiger partial charge in [-0.25, -0.2) is 0 Å². The number of likely N-dealkylation sites (tertiary alicyclic amines) is 1. The Morgan fingerprint density at radius 1 is 1.21 bits per heavy atom. The first-order valence-electron chi connectivity index (χ1n) is 10.5. The molecule has 7 heteroatoms. The molecular formula is C22H29N3O4. The predicted molar refractivity (Wildman–Crippen MR) is 107 cm³/mol. The van der Waals surface area contributed by atoms with E-state index in [1.165, 1.54) is 19.3 Å². The summed E-state index contributed by atoms with van der Waals surface area (Å²) < 4.78 is 5.25. The second kappa shape index (κ2) is 9.25. The van der Waals surface area contributed by atoms with Crippen LogP contribution in [0.4, 0.5) is 0 Å². The number of aromatic nitrogens is 1. The van der Waals surface area contributed by atoms with Gasteiger partial charge in [-0.15, -0.1) is 0 Å². The summed E-state index contributed by atoms with van der Waals surface area (Å²) in [4.78, 5) is 41.2. The lowest BCUT2D eigenvalue weighted by atomic mass is 9.78. The van der Waals surface area contributed by atoms with E-state index in [-0.39, 0.29) is 24.5 Å². The molecule has 2 atom stereocenters. The zero-order valence-corrected chi connectivity index (χ0v) is 17.3. The van der Waals surface area contributed by atoms with Crippen LogP contribution in [0.1, 0.15) is 67.3 Å². The minimum Gasteiger partial charge on any atom is -0.456 e. The first-order chi connectivity index (χ1) is 13.9. The molecule has 0 radical (unpaired) electrons. The maximum Gasteiger partial charge on any atom is 0.306 e. The van der Waals surface area contributed by atoms with Crippen LogP contribution in [0.2, 0.25) is 0 Å². The topological polar surface area (TPSA) is 103 Å². The molecule has 0 unspecified atom stereocenters. The van der Waals surface area contributed by atoms with Crippen LogP contribution in [0.25, 0.3) is 0 Å². The molecule has 0 aromatic carbocycles. The van der Waals surface area contributed by atoms with E-state index < -0.39 is 11.5 Å². The number of carbonyl (C=O) groups excluding carboxylic acids is 2. The summed E-state index contributed by atoms with van der Waals surface area (Å²) in [5.41, 5.74) is 1.66. The first-order valence-corrected chi connectivity index (χ1v) is 10.5. The van der Waals surface area contributed by atoms with Crippen LogP contribution in [-0.2, 0) is 20.7 Å². The number of hydrogen-bond donors (Lipinski definition) is 1. The molecule has 1 saturated carbocycles. The van der Waals surface area contributed by atoms with Crippen molar-refractivity contribution in [2.45, 2.75) is 71.3 Å². The Morgan fingerprint density at radius 2 is 1.93 bits per heavy atom. The van der Waals surface area contributed by atoms with E-state index in [0.717, 1.165) is 31.4 Å². The van der Waals surface area contributed by atoms with Gasteiger partial charge in [0.2, 0.25) is 0 Å². The van der Waals surface area contributed by atoms with E-state index in [1.807, 2.05) is 11.0 Å². The summed E-state index contributed by atoms with van der Waals surface area (Å²) in [6.45, 7) is 4.00. The zero-order chi connectivity index (χ0) is 21.0. The monoisotopic (exact) mass is 399 g/mol. The van der Waals surface area contributed by atoms with E-state index >= 15 is 0 Å². The van der Waals surface area contributed by atoms with Crippen molar-refractivity contribution in [2.24, 2.45) is 5.92 Å². The SMILES string of the molecule is Cc1[nH]c(=O)c(C#N)c(C)c1CCC(=O)OCC(=O)N1CCC[C@@H]2CCCC[C@H]21. The molecule has 1 aromatic rings. The van der Waals surface area contributed by atoms with Crippen LogP contribution >= 0.6 is 0 Å². The molecule has 1 N–H and O–H groups in total. The van der Waals surface area contributed by atoms with Gasteiger partial charge in [-0.2, -0.15) is 5.26 Å². The molecular weight excluding hydrogens is 370 g/mol. The number of hydrogen-bond acceptors (Lipinski definition) is 5. The Bertz CT molecular complexity index is 881. The first kappa shape index (κ1) is 21.1. The van der Waals surface area contributed by atoms with Crippen LogP contribution in [0.5, 0.6) is 0 Å². The van der Waals surface area contributed by atoms with E-state index in [2.05, 4.69) is 4.98 Å². The number of pyridine rings is 1. The number of aryl methyl sites for hydroxylation is 1. The van der Waals surface area contributed by atoms with Crippen LogP contribution in [-0.4, -0.2) is 41.0 Å². The number of H-pyrrole nitrogens is 1. The molecule has 1 aliphatic carbocycles. The largest absolute Gasteiger partial charge is 0.456 e. The van der Waals surface area contributed by atoms with Gasteiger partial charge in [0.05, 0.1) is 0 Å². The number of carbonyl (C=O) groups is 2. The number of nitrogens with one attached hydrogen (secondary N) is 1. The molecule has 0 bridgehead atoms. The van der Waals surface area contributed by atoms with Crippen molar-refractivity contribution in [1.82, 2.24) is 9.88 Å². The Balaban J connectivity index is 1.53. The molecule has 29 heavy (non-hydrogen) atoms. The van der Waals surface area contributed by atoms with Crippen molar-refractivity contribution in [1.29, 1.82) is 5.26 Å². The highest BCUT2D eigenvalue weighted by molar-refractivity contribution is 5.81. The van der Waals surface area contributed by atoms with E-state index in [9.17, 15) is 14.4 Å². The van der Waals surface area contributed by atoms with E-state index in [4.69, 9.17) is 10.00 Å². The second-order valence-electron chi connectivity index (χ2n) is 8.17. The van der Waals surface area contributed by atoms with Gasteiger partial charge in [-0.1, -0.05) is 12.8 Å².